The quantitative estimate of drug-likeness (QED) is 0.746. The summed E-state index contributed by atoms with van der Waals surface area (Å²) in [4.78, 5) is 29.6. The number of carboxylic acids is 1. The topological polar surface area (TPSA) is 96.2 Å². The number of aromatic amines is 1. The number of H-pyrrole nitrogens is 1. The van der Waals surface area contributed by atoms with Gasteiger partial charge in [0, 0.05) is 16.8 Å². The lowest BCUT2D eigenvalue weighted by molar-refractivity contribution is -0.136. The molecule has 3 rings (SSSR count). The highest BCUT2D eigenvalue weighted by molar-refractivity contribution is 5.70. The van der Waals surface area contributed by atoms with Crippen LogP contribution < -0.4 is 5.56 Å². The number of rotatable bonds is 5. The molecule has 1 aromatic carbocycles. The van der Waals surface area contributed by atoms with E-state index in [4.69, 9.17) is 9.52 Å². The molecule has 0 spiro atoms. The predicted octanol–water partition coefficient (Wildman–Crippen LogP) is 3.14. The zero-order valence-electron chi connectivity index (χ0n) is 13.5. The molecular weight excluding hydrogens is 320 g/mol. The normalized spacial score (nSPS) is 11.1. The molecule has 0 aliphatic rings. The fraction of sp³-hybridized carbons (Fsp3) is 0.105. The third kappa shape index (κ3) is 3.92. The summed E-state index contributed by atoms with van der Waals surface area (Å²) < 4.78 is 5.74. The number of benzene rings is 1. The Balaban J connectivity index is 1.82. The minimum Gasteiger partial charge on any atom is -0.481 e. The van der Waals surface area contributed by atoms with Crippen molar-refractivity contribution in [1.29, 1.82) is 0 Å². The second kappa shape index (κ2) is 7.00. The van der Waals surface area contributed by atoms with Crippen LogP contribution in [0.5, 0.6) is 0 Å². The van der Waals surface area contributed by atoms with E-state index in [9.17, 15) is 9.59 Å². The number of nitrogens with one attached hydrogen (secondary N) is 1. The zero-order chi connectivity index (χ0) is 17.8. The largest absolute Gasteiger partial charge is 0.481 e. The number of hydrogen-bond donors (Lipinski definition) is 2. The van der Waals surface area contributed by atoms with E-state index in [0.717, 1.165) is 11.3 Å². The molecule has 25 heavy (non-hydrogen) atoms. The summed E-state index contributed by atoms with van der Waals surface area (Å²) in [6, 6.07) is 13.4. The van der Waals surface area contributed by atoms with Gasteiger partial charge in [-0.2, -0.15) is 0 Å². The summed E-state index contributed by atoms with van der Waals surface area (Å²) in [5.74, 6) is 0.639. The number of furan rings is 1. The van der Waals surface area contributed by atoms with Gasteiger partial charge in [0.05, 0.1) is 6.42 Å². The Morgan fingerprint density at radius 2 is 1.96 bits per heavy atom. The highest BCUT2D eigenvalue weighted by Gasteiger charge is 2.11. The smallest absolute Gasteiger partial charge is 0.308 e. The van der Waals surface area contributed by atoms with Gasteiger partial charge in [-0.05, 0) is 31.2 Å². The molecule has 0 unspecified atom stereocenters. The molecule has 2 N–H and O–H groups in total. The first kappa shape index (κ1) is 16.4. The maximum absolute atomic E-state index is 12.0. The summed E-state index contributed by atoms with van der Waals surface area (Å²) in [5, 5.41) is 8.83. The second-order valence-corrected chi connectivity index (χ2v) is 5.49. The molecule has 2 heterocycles. The van der Waals surface area contributed by atoms with Crippen molar-refractivity contribution in [2.45, 2.75) is 13.3 Å². The van der Waals surface area contributed by atoms with Crippen molar-refractivity contribution in [1.82, 2.24) is 9.97 Å². The third-order valence-corrected chi connectivity index (χ3v) is 3.66. The lowest BCUT2D eigenvalue weighted by Crippen LogP contribution is -2.20. The molecule has 0 saturated heterocycles. The summed E-state index contributed by atoms with van der Waals surface area (Å²) >= 11 is 0. The van der Waals surface area contributed by atoms with Gasteiger partial charge in [0.2, 0.25) is 0 Å². The summed E-state index contributed by atoms with van der Waals surface area (Å²) in [5.41, 5.74) is 1.09. The molecule has 0 aliphatic heterocycles. The Hall–Kier alpha value is -3.41. The van der Waals surface area contributed by atoms with Crippen LogP contribution in [-0.2, 0) is 11.2 Å². The Bertz CT molecular complexity index is 984. The molecule has 0 radical (unpaired) electrons. The number of nitrogens with zero attached hydrogens (tertiary/aromatic N) is 1. The van der Waals surface area contributed by atoms with Crippen molar-refractivity contribution >= 4 is 18.1 Å². The number of carboxylic acid groups (broad SMARTS) is 1. The lowest BCUT2D eigenvalue weighted by Gasteiger charge is -2.02. The average Bonchev–Trinajstić information content (AvgIpc) is 3.06. The second-order valence-electron chi connectivity index (χ2n) is 5.49. The van der Waals surface area contributed by atoms with E-state index in [1.54, 1.807) is 19.1 Å². The van der Waals surface area contributed by atoms with E-state index in [0.29, 0.717) is 17.3 Å². The van der Waals surface area contributed by atoms with E-state index >= 15 is 0 Å². The molecule has 2 aromatic heterocycles. The monoisotopic (exact) mass is 336 g/mol. The minimum absolute atomic E-state index is 0.161. The van der Waals surface area contributed by atoms with Gasteiger partial charge in [-0.1, -0.05) is 30.3 Å². The van der Waals surface area contributed by atoms with Crippen molar-refractivity contribution in [3.05, 3.63) is 75.7 Å². The van der Waals surface area contributed by atoms with Crippen molar-refractivity contribution in [2.75, 3.05) is 0 Å². The number of aliphatic carboxylic acids is 1. The number of hydrogen-bond acceptors (Lipinski definition) is 4. The first-order valence-electron chi connectivity index (χ1n) is 7.68. The standard InChI is InChI=1S/C19H16N2O4/c1-12-15(11-18(22)23)19(24)21-17(20-12)10-8-14-7-9-16(25-14)13-5-3-2-4-6-13/h2-10H,11H2,1H3,(H,22,23)(H,20,21,24). The van der Waals surface area contributed by atoms with Crippen LogP contribution >= 0.6 is 0 Å². The third-order valence-electron chi connectivity index (χ3n) is 3.66. The van der Waals surface area contributed by atoms with Crippen LogP contribution in [0.25, 0.3) is 23.5 Å². The molecule has 6 nitrogen and oxygen atoms in total. The molecule has 126 valence electrons. The van der Waals surface area contributed by atoms with Gasteiger partial charge >= 0.3 is 5.97 Å². The van der Waals surface area contributed by atoms with Gasteiger partial charge < -0.3 is 14.5 Å². The van der Waals surface area contributed by atoms with Gasteiger partial charge in [-0.15, -0.1) is 0 Å². The number of carbonyl (C=O) groups is 1. The van der Waals surface area contributed by atoms with E-state index in [1.165, 1.54) is 0 Å². The van der Waals surface area contributed by atoms with Crippen LogP contribution in [0.2, 0.25) is 0 Å². The van der Waals surface area contributed by atoms with Crippen molar-refractivity contribution < 1.29 is 14.3 Å². The zero-order valence-corrected chi connectivity index (χ0v) is 13.5. The van der Waals surface area contributed by atoms with Crippen LogP contribution in [-0.4, -0.2) is 21.0 Å². The minimum atomic E-state index is -1.07. The Kier molecular flexibility index (Phi) is 4.61. The molecule has 6 heteroatoms. The van der Waals surface area contributed by atoms with Crippen LogP contribution in [0.3, 0.4) is 0 Å². The van der Waals surface area contributed by atoms with Gasteiger partial charge in [0.1, 0.15) is 17.3 Å². The number of aryl methyl sites for hydroxylation is 1. The van der Waals surface area contributed by atoms with Crippen molar-refractivity contribution in [3.63, 3.8) is 0 Å². The number of aromatic nitrogens is 2. The molecule has 0 bridgehead atoms. The molecule has 0 fully saturated rings. The summed E-state index contributed by atoms with van der Waals surface area (Å²) in [7, 11) is 0. The van der Waals surface area contributed by atoms with E-state index in [1.807, 2.05) is 42.5 Å². The van der Waals surface area contributed by atoms with E-state index in [2.05, 4.69) is 9.97 Å². The maximum atomic E-state index is 12.0. The Morgan fingerprint density at radius 3 is 2.64 bits per heavy atom. The summed E-state index contributed by atoms with van der Waals surface area (Å²) in [6.07, 6.45) is 2.96. The summed E-state index contributed by atoms with van der Waals surface area (Å²) in [6.45, 7) is 1.62. The van der Waals surface area contributed by atoms with E-state index < -0.39 is 11.5 Å². The Morgan fingerprint density at radius 1 is 1.20 bits per heavy atom. The maximum Gasteiger partial charge on any atom is 0.308 e. The van der Waals surface area contributed by atoms with Gasteiger partial charge in [0.25, 0.3) is 5.56 Å². The van der Waals surface area contributed by atoms with Gasteiger partial charge in [-0.25, -0.2) is 4.98 Å². The first-order valence-corrected chi connectivity index (χ1v) is 7.68. The van der Waals surface area contributed by atoms with Gasteiger partial charge in [-0.3, -0.25) is 9.59 Å². The lowest BCUT2D eigenvalue weighted by atomic mass is 10.2. The average molecular weight is 336 g/mol. The Labute approximate surface area is 143 Å². The predicted molar refractivity (Wildman–Crippen MR) is 94.0 cm³/mol. The molecule has 0 atom stereocenters. The van der Waals surface area contributed by atoms with Gasteiger partial charge in [0.15, 0.2) is 0 Å². The molecule has 0 amide bonds. The van der Waals surface area contributed by atoms with Crippen molar-refractivity contribution in [2.24, 2.45) is 0 Å². The van der Waals surface area contributed by atoms with Crippen LogP contribution in [0.1, 0.15) is 22.8 Å². The fourth-order valence-electron chi connectivity index (χ4n) is 2.43. The highest BCUT2D eigenvalue weighted by atomic mass is 16.4. The van der Waals surface area contributed by atoms with Crippen LogP contribution in [0.4, 0.5) is 0 Å². The molecular formula is C19H16N2O4. The molecule has 0 saturated carbocycles. The van der Waals surface area contributed by atoms with Crippen LogP contribution in [0, 0.1) is 6.92 Å². The van der Waals surface area contributed by atoms with Crippen molar-refractivity contribution in [3.8, 4) is 11.3 Å². The fourth-order valence-corrected chi connectivity index (χ4v) is 2.43. The highest BCUT2D eigenvalue weighted by Crippen LogP contribution is 2.22. The molecule has 0 aliphatic carbocycles. The SMILES string of the molecule is Cc1nc(C=Cc2ccc(-c3ccccc3)o2)[nH]c(=O)c1CC(=O)O. The van der Waals surface area contributed by atoms with E-state index in [-0.39, 0.29) is 12.0 Å². The first-order chi connectivity index (χ1) is 12.0. The van der Waals surface area contributed by atoms with Crippen LogP contribution in [0.15, 0.2) is 51.7 Å². The molecule has 3 aromatic rings.